The predicted molar refractivity (Wildman–Crippen MR) is 122 cm³/mol. The zero-order chi connectivity index (χ0) is 23.8. The molecule has 1 aliphatic rings. The van der Waals surface area contributed by atoms with E-state index in [-0.39, 0.29) is 23.6 Å². The number of piperidine rings is 1. The highest BCUT2D eigenvalue weighted by Gasteiger charge is 2.34. The molecule has 0 radical (unpaired) electrons. The number of carbonyl (C=O) groups is 3. The number of benzene rings is 2. The van der Waals surface area contributed by atoms with Crippen molar-refractivity contribution < 1.29 is 23.5 Å². The first-order valence-corrected chi connectivity index (χ1v) is 11.1. The fraction of sp³-hybridized carbons (Fsp3) is 0.400. The maximum atomic E-state index is 13.5. The highest BCUT2D eigenvalue weighted by atomic mass is 19.1. The van der Waals surface area contributed by atoms with Crippen molar-refractivity contribution in [3.8, 4) is 0 Å². The lowest BCUT2D eigenvalue weighted by Crippen LogP contribution is -2.54. The summed E-state index contributed by atoms with van der Waals surface area (Å²) < 4.78 is 18.5. The predicted octanol–water partition coefficient (Wildman–Crippen LogP) is 2.55. The minimum atomic E-state index is -0.734. The zero-order valence-corrected chi connectivity index (χ0v) is 19.0. The number of carbonyl (C=O) groups excluding carboxylic acids is 3. The smallest absolute Gasteiger partial charge is 0.253 e. The van der Waals surface area contributed by atoms with Crippen LogP contribution in [0.15, 0.2) is 48.5 Å². The SMILES string of the molecule is COCCNC(=O)[C@H](NC(=O)c1ccc(C)cc1)C1CCN(C(=O)c2cccc(F)c2)CC1. The lowest BCUT2D eigenvalue weighted by molar-refractivity contribution is -0.124. The molecule has 1 saturated heterocycles. The van der Waals surface area contributed by atoms with E-state index < -0.39 is 11.9 Å². The number of aryl methyl sites for hydroxylation is 1. The Morgan fingerprint density at radius 1 is 1.09 bits per heavy atom. The third-order valence-corrected chi connectivity index (χ3v) is 5.86. The van der Waals surface area contributed by atoms with Gasteiger partial charge in [-0.1, -0.05) is 23.8 Å². The molecule has 3 amide bonds. The number of rotatable bonds is 8. The monoisotopic (exact) mass is 455 g/mol. The maximum Gasteiger partial charge on any atom is 0.253 e. The molecule has 0 spiro atoms. The van der Waals surface area contributed by atoms with Gasteiger partial charge in [-0.3, -0.25) is 14.4 Å². The molecule has 1 aliphatic heterocycles. The van der Waals surface area contributed by atoms with Crippen molar-refractivity contribution in [2.75, 3.05) is 33.4 Å². The molecule has 33 heavy (non-hydrogen) atoms. The highest BCUT2D eigenvalue weighted by Crippen LogP contribution is 2.23. The molecule has 2 aromatic rings. The number of nitrogens with one attached hydrogen (secondary N) is 2. The third kappa shape index (κ3) is 6.61. The molecular formula is C25H30FN3O4. The van der Waals surface area contributed by atoms with Crippen LogP contribution in [0.1, 0.15) is 39.1 Å². The van der Waals surface area contributed by atoms with E-state index in [1.54, 1.807) is 30.2 Å². The molecule has 176 valence electrons. The Morgan fingerprint density at radius 3 is 2.42 bits per heavy atom. The molecule has 0 bridgehead atoms. The molecule has 0 aliphatic carbocycles. The largest absolute Gasteiger partial charge is 0.383 e. The first-order valence-electron chi connectivity index (χ1n) is 11.1. The summed E-state index contributed by atoms with van der Waals surface area (Å²) in [5.74, 6) is -1.43. The van der Waals surface area contributed by atoms with E-state index in [1.165, 1.54) is 18.2 Å². The van der Waals surface area contributed by atoms with Gasteiger partial charge in [0.05, 0.1) is 6.61 Å². The molecule has 1 atom stereocenters. The third-order valence-electron chi connectivity index (χ3n) is 5.86. The molecule has 8 heteroatoms. The van der Waals surface area contributed by atoms with Gasteiger partial charge in [-0.25, -0.2) is 4.39 Å². The standard InChI is InChI=1S/C25H30FN3O4/c1-17-6-8-19(9-7-17)23(30)28-22(24(31)27-12-15-33-2)18-10-13-29(14-11-18)25(32)20-4-3-5-21(26)16-20/h3-9,16,18,22H,10-15H2,1-2H3,(H,27,31)(H,28,30)/t22-/m1/s1. The molecule has 0 aromatic heterocycles. The van der Waals surface area contributed by atoms with Crippen molar-refractivity contribution in [1.82, 2.24) is 15.5 Å². The molecule has 2 aromatic carbocycles. The van der Waals surface area contributed by atoms with Gasteiger partial charge in [0.25, 0.3) is 11.8 Å². The van der Waals surface area contributed by atoms with Crippen LogP contribution in [0.2, 0.25) is 0 Å². The first kappa shape index (κ1) is 24.4. The Balaban J connectivity index is 1.67. The van der Waals surface area contributed by atoms with Gasteiger partial charge in [0.1, 0.15) is 11.9 Å². The van der Waals surface area contributed by atoms with Crippen LogP contribution < -0.4 is 10.6 Å². The van der Waals surface area contributed by atoms with Crippen LogP contribution in [0.25, 0.3) is 0 Å². The van der Waals surface area contributed by atoms with E-state index >= 15 is 0 Å². The topological polar surface area (TPSA) is 87.7 Å². The summed E-state index contributed by atoms with van der Waals surface area (Å²) in [5, 5.41) is 5.70. The van der Waals surface area contributed by atoms with Crippen LogP contribution in [0.4, 0.5) is 4.39 Å². The minimum absolute atomic E-state index is 0.140. The number of ether oxygens (including phenoxy) is 1. The van der Waals surface area contributed by atoms with Crippen molar-refractivity contribution >= 4 is 17.7 Å². The average Bonchev–Trinajstić information content (AvgIpc) is 2.82. The van der Waals surface area contributed by atoms with Crippen LogP contribution in [0.5, 0.6) is 0 Å². The average molecular weight is 456 g/mol. The normalized spacial score (nSPS) is 15.1. The van der Waals surface area contributed by atoms with Crippen molar-refractivity contribution in [2.45, 2.75) is 25.8 Å². The van der Waals surface area contributed by atoms with Gasteiger partial charge in [-0.2, -0.15) is 0 Å². The highest BCUT2D eigenvalue weighted by molar-refractivity contribution is 5.97. The Bertz CT molecular complexity index is 972. The van der Waals surface area contributed by atoms with Gasteiger partial charge in [-0.05, 0) is 56.0 Å². The summed E-state index contributed by atoms with van der Waals surface area (Å²) in [7, 11) is 1.55. The van der Waals surface area contributed by atoms with Crippen LogP contribution in [-0.4, -0.2) is 62.0 Å². The second-order valence-electron chi connectivity index (χ2n) is 8.24. The lowest BCUT2D eigenvalue weighted by Gasteiger charge is -2.36. The summed E-state index contributed by atoms with van der Waals surface area (Å²) >= 11 is 0. The molecule has 3 rings (SSSR count). The quantitative estimate of drug-likeness (QED) is 0.599. The summed E-state index contributed by atoms with van der Waals surface area (Å²) in [6.45, 7) is 3.48. The van der Waals surface area contributed by atoms with E-state index in [1.807, 2.05) is 19.1 Å². The zero-order valence-electron chi connectivity index (χ0n) is 19.0. The number of hydrogen-bond donors (Lipinski definition) is 2. The van der Waals surface area contributed by atoms with Crippen LogP contribution in [0, 0.1) is 18.7 Å². The van der Waals surface area contributed by atoms with Gasteiger partial charge in [0.2, 0.25) is 5.91 Å². The van der Waals surface area contributed by atoms with E-state index in [9.17, 15) is 18.8 Å². The minimum Gasteiger partial charge on any atom is -0.383 e. The van der Waals surface area contributed by atoms with Crippen molar-refractivity contribution in [3.05, 3.63) is 71.0 Å². The van der Waals surface area contributed by atoms with Crippen LogP contribution in [0.3, 0.4) is 0 Å². The molecule has 1 heterocycles. The molecule has 0 unspecified atom stereocenters. The van der Waals surface area contributed by atoms with Crippen molar-refractivity contribution in [3.63, 3.8) is 0 Å². The number of methoxy groups -OCH3 is 1. The number of nitrogens with zero attached hydrogens (tertiary/aromatic N) is 1. The van der Waals surface area contributed by atoms with E-state index in [0.29, 0.717) is 50.2 Å². The van der Waals surface area contributed by atoms with Crippen LogP contribution in [-0.2, 0) is 9.53 Å². The van der Waals surface area contributed by atoms with Gasteiger partial charge in [-0.15, -0.1) is 0 Å². The Morgan fingerprint density at radius 2 is 1.79 bits per heavy atom. The first-order chi connectivity index (χ1) is 15.9. The fourth-order valence-electron chi connectivity index (χ4n) is 3.95. The number of amides is 3. The molecule has 2 N–H and O–H groups in total. The molecule has 0 saturated carbocycles. The number of halogens is 1. The van der Waals surface area contributed by atoms with Crippen molar-refractivity contribution in [2.24, 2.45) is 5.92 Å². The Hall–Kier alpha value is -3.26. The number of likely N-dealkylation sites (tertiary alicyclic amines) is 1. The molecule has 7 nitrogen and oxygen atoms in total. The van der Waals surface area contributed by atoms with E-state index in [4.69, 9.17) is 4.74 Å². The second-order valence-corrected chi connectivity index (χ2v) is 8.24. The van der Waals surface area contributed by atoms with E-state index in [0.717, 1.165) is 5.56 Å². The van der Waals surface area contributed by atoms with Gasteiger partial charge in [0.15, 0.2) is 0 Å². The molecule has 1 fully saturated rings. The van der Waals surface area contributed by atoms with Gasteiger partial charge < -0.3 is 20.3 Å². The summed E-state index contributed by atoms with van der Waals surface area (Å²) in [6, 6.07) is 12.0. The second kappa shape index (κ2) is 11.6. The summed E-state index contributed by atoms with van der Waals surface area (Å²) in [6.07, 6.45) is 1.08. The lowest BCUT2D eigenvalue weighted by atomic mass is 9.88. The molecular weight excluding hydrogens is 425 g/mol. The van der Waals surface area contributed by atoms with Crippen LogP contribution >= 0.6 is 0 Å². The van der Waals surface area contributed by atoms with E-state index in [2.05, 4.69) is 10.6 Å². The Kier molecular flexibility index (Phi) is 8.54. The number of hydrogen-bond acceptors (Lipinski definition) is 4. The van der Waals surface area contributed by atoms with Gasteiger partial charge >= 0.3 is 0 Å². The van der Waals surface area contributed by atoms with Gasteiger partial charge in [0, 0.05) is 37.9 Å². The Labute approximate surface area is 193 Å². The maximum absolute atomic E-state index is 13.5. The van der Waals surface area contributed by atoms with Crippen molar-refractivity contribution in [1.29, 1.82) is 0 Å². The summed E-state index contributed by atoms with van der Waals surface area (Å²) in [4.78, 5) is 40.1. The summed E-state index contributed by atoms with van der Waals surface area (Å²) in [5.41, 5.74) is 1.82. The fourth-order valence-corrected chi connectivity index (χ4v) is 3.95.